The topological polar surface area (TPSA) is 54.0 Å². The van der Waals surface area contributed by atoms with E-state index < -0.39 is 0 Å². The van der Waals surface area contributed by atoms with E-state index in [0.29, 0.717) is 6.54 Å². The van der Waals surface area contributed by atoms with Crippen molar-refractivity contribution in [3.8, 4) is 0 Å². The second-order valence-corrected chi connectivity index (χ2v) is 5.77. The molecule has 0 radical (unpaired) electrons. The average Bonchev–Trinajstić information content (AvgIpc) is 2.47. The second-order valence-electron chi connectivity index (χ2n) is 5.77. The van der Waals surface area contributed by atoms with Gasteiger partial charge in [0, 0.05) is 18.9 Å². The number of rotatable bonds is 5. The van der Waals surface area contributed by atoms with Crippen LogP contribution in [0.15, 0.2) is 18.5 Å². The third kappa shape index (κ3) is 3.37. The summed E-state index contributed by atoms with van der Waals surface area (Å²) >= 11 is 0. The normalized spacial score (nSPS) is 17.7. The molecule has 4 heteroatoms. The molecule has 4 nitrogen and oxygen atoms in total. The molecule has 0 spiro atoms. The van der Waals surface area contributed by atoms with Gasteiger partial charge in [-0.2, -0.15) is 0 Å². The van der Waals surface area contributed by atoms with E-state index in [1.165, 1.54) is 0 Å². The fourth-order valence-electron chi connectivity index (χ4n) is 3.04. The van der Waals surface area contributed by atoms with Gasteiger partial charge in [-0.3, -0.25) is 9.78 Å². The van der Waals surface area contributed by atoms with Crippen LogP contribution in [-0.4, -0.2) is 24.0 Å². The Morgan fingerprint density at radius 3 is 2.85 bits per heavy atom. The van der Waals surface area contributed by atoms with E-state index in [-0.39, 0.29) is 11.3 Å². The van der Waals surface area contributed by atoms with E-state index in [2.05, 4.69) is 22.5 Å². The summed E-state index contributed by atoms with van der Waals surface area (Å²) in [6.45, 7) is 6.68. The molecule has 2 rings (SSSR count). The van der Waals surface area contributed by atoms with Gasteiger partial charge in [-0.1, -0.05) is 13.3 Å². The highest BCUT2D eigenvalue weighted by molar-refractivity contribution is 5.82. The van der Waals surface area contributed by atoms with Crippen molar-refractivity contribution in [3.05, 3.63) is 29.6 Å². The highest BCUT2D eigenvalue weighted by Crippen LogP contribution is 2.34. The molecule has 2 N–H and O–H groups in total. The van der Waals surface area contributed by atoms with E-state index in [9.17, 15) is 4.79 Å². The summed E-state index contributed by atoms with van der Waals surface area (Å²) < 4.78 is 0. The van der Waals surface area contributed by atoms with Crippen LogP contribution in [0.4, 0.5) is 0 Å². The lowest BCUT2D eigenvalue weighted by molar-refractivity contribution is -0.133. The van der Waals surface area contributed by atoms with Crippen LogP contribution < -0.4 is 10.6 Å². The van der Waals surface area contributed by atoms with Gasteiger partial charge in [0.15, 0.2) is 0 Å². The molecule has 110 valence electrons. The Morgan fingerprint density at radius 2 is 2.20 bits per heavy atom. The van der Waals surface area contributed by atoms with E-state index >= 15 is 0 Å². The minimum absolute atomic E-state index is 0.166. The number of pyridine rings is 1. The van der Waals surface area contributed by atoms with Crippen molar-refractivity contribution in [2.45, 2.75) is 46.1 Å². The highest BCUT2D eigenvalue weighted by Gasteiger charge is 2.38. The maximum atomic E-state index is 12.6. The molecule has 1 saturated heterocycles. The minimum atomic E-state index is -0.166. The Kier molecular flexibility index (Phi) is 5.12. The molecule has 0 atom stereocenters. The quantitative estimate of drug-likeness (QED) is 0.866. The first kappa shape index (κ1) is 15.0. The van der Waals surface area contributed by atoms with Crippen LogP contribution in [0.1, 0.15) is 43.7 Å². The number of carbonyl (C=O) groups excluding carboxylic acids is 1. The van der Waals surface area contributed by atoms with Crippen LogP contribution in [0.25, 0.3) is 0 Å². The van der Waals surface area contributed by atoms with Crippen LogP contribution in [0, 0.1) is 12.3 Å². The first-order chi connectivity index (χ1) is 9.68. The second kappa shape index (κ2) is 6.84. The Balaban J connectivity index is 2.00. The maximum Gasteiger partial charge on any atom is 0.226 e. The van der Waals surface area contributed by atoms with Crippen molar-refractivity contribution in [2.75, 3.05) is 13.1 Å². The Hall–Kier alpha value is -1.42. The van der Waals surface area contributed by atoms with E-state index in [1.807, 2.05) is 19.2 Å². The van der Waals surface area contributed by atoms with Gasteiger partial charge in [0.1, 0.15) is 0 Å². The van der Waals surface area contributed by atoms with Crippen molar-refractivity contribution >= 4 is 5.91 Å². The van der Waals surface area contributed by atoms with Gasteiger partial charge in [0.05, 0.1) is 5.41 Å². The Labute approximate surface area is 121 Å². The van der Waals surface area contributed by atoms with Gasteiger partial charge in [0.25, 0.3) is 0 Å². The van der Waals surface area contributed by atoms with Crippen molar-refractivity contribution in [2.24, 2.45) is 5.41 Å². The zero-order valence-electron chi connectivity index (χ0n) is 12.5. The van der Waals surface area contributed by atoms with E-state index in [0.717, 1.165) is 49.9 Å². The average molecular weight is 275 g/mol. The molecule has 1 aromatic heterocycles. The van der Waals surface area contributed by atoms with Gasteiger partial charge in [0.2, 0.25) is 5.91 Å². The van der Waals surface area contributed by atoms with Crippen LogP contribution in [0.3, 0.4) is 0 Å². The molecule has 0 aliphatic carbocycles. The predicted octanol–water partition coefficient (Wildman–Crippen LogP) is 2.18. The number of hydrogen-bond donors (Lipinski definition) is 2. The molecule has 1 fully saturated rings. The summed E-state index contributed by atoms with van der Waals surface area (Å²) in [6.07, 6.45) is 7.55. The minimum Gasteiger partial charge on any atom is -0.352 e. The summed E-state index contributed by atoms with van der Waals surface area (Å²) in [6, 6.07) is 1.98. The zero-order valence-corrected chi connectivity index (χ0v) is 12.5. The van der Waals surface area contributed by atoms with E-state index in [4.69, 9.17) is 0 Å². The van der Waals surface area contributed by atoms with Crippen LogP contribution >= 0.6 is 0 Å². The molecule has 1 aliphatic rings. The Bertz CT molecular complexity index is 447. The highest BCUT2D eigenvalue weighted by atomic mass is 16.2. The summed E-state index contributed by atoms with van der Waals surface area (Å²) in [5, 5.41) is 6.49. The smallest absolute Gasteiger partial charge is 0.226 e. The number of piperidine rings is 1. The zero-order chi connectivity index (χ0) is 14.4. The van der Waals surface area contributed by atoms with Crippen LogP contribution in [0.5, 0.6) is 0 Å². The monoisotopic (exact) mass is 275 g/mol. The lowest BCUT2D eigenvalue weighted by Gasteiger charge is -2.36. The number of carbonyl (C=O) groups is 1. The molecular formula is C16H25N3O. The lowest BCUT2D eigenvalue weighted by Crippen LogP contribution is -2.47. The summed E-state index contributed by atoms with van der Waals surface area (Å²) in [5.74, 6) is 0.220. The van der Waals surface area contributed by atoms with Crippen molar-refractivity contribution in [1.29, 1.82) is 0 Å². The molecule has 1 aliphatic heterocycles. The van der Waals surface area contributed by atoms with Crippen molar-refractivity contribution < 1.29 is 4.79 Å². The number of hydrogen-bond acceptors (Lipinski definition) is 3. The fraction of sp³-hybridized carbons (Fsp3) is 0.625. The first-order valence-corrected chi connectivity index (χ1v) is 7.56. The number of aromatic nitrogens is 1. The number of nitrogens with zero attached hydrogens (tertiary/aromatic N) is 1. The van der Waals surface area contributed by atoms with Crippen molar-refractivity contribution in [1.82, 2.24) is 15.6 Å². The molecule has 0 bridgehead atoms. The molecule has 1 aromatic rings. The Morgan fingerprint density at radius 1 is 1.45 bits per heavy atom. The fourth-order valence-corrected chi connectivity index (χ4v) is 3.04. The largest absolute Gasteiger partial charge is 0.352 e. The van der Waals surface area contributed by atoms with Gasteiger partial charge in [-0.25, -0.2) is 0 Å². The summed E-state index contributed by atoms with van der Waals surface area (Å²) in [5.41, 5.74) is 2.11. The van der Waals surface area contributed by atoms with Crippen LogP contribution in [-0.2, 0) is 11.3 Å². The third-order valence-corrected chi connectivity index (χ3v) is 4.35. The van der Waals surface area contributed by atoms with Gasteiger partial charge in [-0.05, 0) is 56.5 Å². The lowest BCUT2D eigenvalue weighted by atomic mass is 9.74. The third-order valence-electron chi connectivity index (χ3n) is 4.35. The number of aryl methyl sites for hydroxylation is 1. The molecule has 20 heavy (non-hydrogen) atoms. The number of amides is 1. The van der Waals surface area contributed by atoms with Gasteiger partial charge < -0.3 is 10.6 Å². The van der Waals surface area contributed by atoms with Crippen LogP contribution in [0.2, 0.25) is 0 Å². The predicted molar refractivity (Wildman–Crippen MR) is 80.3 cm³/mol. The summed E-state index contributed by atoms with van der Waals surface area (Å²) in [4.78, 5) is 16.7. The van der Waals surface area contributed by atoms with E-state index in [1.54, 1.807) is 6.20 Å². The van der Waals surface area contributed by atoms with Gasteiger partial charge >= 0.3 is 0 Å². The molecular weight excluding hydrogens is 250 g/mol. The molecule has 0 saturated carbocycles. The van der Waals surface area contributed by atoms with Crippen molar-refractivity contribution in [3.63, 3.8) is 0 Å². The molecule has 2 heterocycles. The standard InChI is InChI=1S/C16H25N3O/c1-3-5-16(6-9-17-10-7-16)15(20)19-12-14-4-8-18-11-13(14)2/h4,8,11,17H,3,5-7,9-10,12H2,1-2H3,(H,19,20). The van der Waals surface area contributed by atoms with Gasteiger partial charge in [-0.15, -0.1) is 0 Å². The molecule has 0 unspecified atom stereocenters. The maximum absolute atomic E-state index is 12.6. The number of nitrogens with one attached hydrogen (secondary N) is 2. The molecule has 0 aromatic carbocycles. The molecule has 1 amide bonds. The first-order valence-electron chi connectivity index (χ1n) is 7.56. The summed E-state index contributed by atoms with van der Waals surface area (Å²) in [7, 11) is 0. The SMILES string of the molecule is CCCC1(C(=O)NCc2ccncc2C)CCNCC1.